The summed E-state index contributed by atoms with van der Waals surface area (Å²) in [6, 6.07) is 8.47. The van der Waals surface area contributed by atoms with Crippen molar-refractivity contribution >= 4 is 10.9 Å². The lowest BCUT2D eigenvalue weighted by atomic mass is 10.1. The van der Waals surface area contributed by atoms with Crippen molar-refractivity contribution in [1.29, 1.82) is 0 Å². The van der Waals surface area contributed by atoms with E-state index in [4.69, 9.17) is 9.84 Å². The van der Waals surface area contributed by atoms with Gasteiger partial charge >= 0.3 is 0 Å². The highest BCUT2D eigenvalue weighted by atomic mass is 16.5. The Morgan fingerprint density at radius 3 is 2.85 bits per heavy atom. The summed E-state index contributed by atoms with van der Waals surface area (Å²) in [5.74, 6) is 0.696. The molecule has 4 nitrogen and oxygen atoms in total. The van der Waals surface area contributed by atoms with Gasteiger partial charge in [0.05, 0.1) is 17.8 Å². The number of hydrogen-bond donors (Lipinski definition) is 1. The average Bonchev–Trinajstić information content (AvgIpc) is 2.80. The molecule has 0 bridgehead atoms. The Bertz CT molecular complexity index is 534. The maximum absolute atomic E-state index is 5.05. The average molecular weight is 275 g/mol. The molecule has 1 heterocycles. The first kappa shape index (κ1) is 15.0. The summed E-state index contributed by atoms with van der Waals surface area (Å²) in [6.45, 7) is 7.85. The number of fused-ring (bicyclic) bond motifs is 1. The van der Waals surface area contributed by atoms with Gasteiger partial charge in [-0.25, -0.2) is 0 Å². The number of methoxy groups -OCH3 is 1. The smallest absolute Gasteiger partial charge is 0.0841 e. The molecule has 20 heavy (non-hydrogen) atoms. The van der Waals surface area contributed by atoms with Crippen LogP contribution in [-0.4, -0.2) is 30.0 Å². The lowest BCUT2D eigenvalue weighted by Gasteiger charge is -2.05. The normalized spacial score (nSPS) is 11.6. The predicted octanol–water partition coefficient (Wildman–Crippen LogP) is 2.82. The number of para-hydroxylation sites is 1. The van der Waals surface area contributed by atoms with Crippen LogP contribution in [0.4, 0.5) is 0 Å². The molecule has 0 fully saturated rings. The molecule has 0 radical (unpaired) electrons. The number of benzene rings is 1. The Morgan fingerprint density at radius 1 is 1.30 bits per heavy atom. The number of ether oxygens (including phenoxy) is 1. The minimum absolute atomic E-state index is 0.696. The third-order valence-corrected chi connectivity index (χ3v) is 3.43. The molecule has 0 amide bonds. The van der Waals surface area contributed by atoms with Gasteiger partial charge in [-0.15, -0.1) is 0 Å². The van der Waals surface area contributed by atoms with Gasteiger partial charge in [0.15, 0.2) is 0 Å². The van der Waals surface area contributed by atoms with Gasteiger partial charge < -0.3 is 10.1 Å². The number of nitrogens with zero attached hydrogens (tertiary/aromatic N) is 2. The second-order valence-corrected chi connectivity index (χ2v) is 5.54. The SMILES string of the molecule is COCCNCc1nn(CCC(C)C)c2ccccc12. The van der Waals surface area contributed by atoms with Gasteiger partial charge in [0.2, 0.25) is 0 Å². The molecule has 1 aromatic carbocycles. The van der Waals surface area contributed by atoms with Gasteiger partial charge in [0.1, 0.15) is 0 Å². The van der Waals surface area contributed by atoms with Crippen LogP contribution in [0, 0.1) is 5.92 Å². The Balaban J connectivity index is 2.13. The van der Waals surface area contributed by atoms with E-state index in [0.717, 1.165) is 38.4 Å². The van der Waals surface area contributed by atoms with Gasteiger partial charge in [-0.1, -0.05) is 32.0 Å². The highest BCUT2D eigenvalue weighted by Crippen LogP contribution is 2.19. The van der Waals surface area contributed by atoms with Crippen LogP contribution in [0.15, 0.2) is 24.3 Å². The minimum Gasteiger partial charge on any atom is -0.383 e. The molecule has 0 unspecified atom stereocenters. The Labute approximate surface area is 121 Å². The molecule has 4 heteroatoms. The van der Waals surface area contributed by atoms with Gasteiger partial charge in [-0.3, -0.25) is 4.68 Å². The molecule has 0 aliphatic heterocycles. The summed E-state index contributed by atoms with van der Waals surface area (Å²) >= 11 is 0. The number of hydrogen-bond acceptors (Lipinski definition) is 3. The zero-order valence-electron chi connectivity index (χ0n) is 12.7. The highest BCUT2D eigenvalue weighted by molar-refractivity contribution is 5.81. The summed E-state index contributed by atoms with van der Waals surface area (Å²) in [5.41, 5.74) is 2.36. The van der Waals surface area contributed by atoms with Crippen molar-refractivity contribution < 1.29 is 4.74 Å². The molecule has 1 N–H and O–H groups in total. The maximum Gasteiger partial charge on any atom is 0.0841 e. The third kappa shape index (κ3) is 3.81. The molecule has 0 aliphatic rings. The zero-order valence-corrected chi connectivity index (χ0v) is 12.7. The Morgan fingerprint density at radius 2 is 2.10 bits per heavy atom. The zero-order chi connectivity index (χ0) is 14.4. The molecule has 0 saturated heterocycles. The second kappa shape index (κ2) is 7.41. The van der Waals surface area contributed by atoms with E-state index in [1.807, 2.05) is 0 Å². The number of nitrogens with one attached hydrogen (secondary N) is 1. The Kier molecular flexibility index (Phi) is 5.56. The van der Waals surface area contributed by atoms with E-state index in [1.165, 1.54) is 10.9 Å². The topological polar surface area (TPSA) is 39.1 Å². The van der Waals surface area contributed by atoms with Crippen LogP contribution in [0.1, 0.15) is 26.0 Å². The van der Waals surface area contributed by atoms with Gasteiger partial charge in [0.25, 0.3) is 0 Å². The molecule has 2 rings (SSSR count). The minimum atomic E-state index is 0.696. The van der Waals surface area contributed by atoms with Crippen molar-refractivity contribution in [2.24, 2.45) is 5.92 Å². The fraction of sp³-hybridized carbons (Fsp3) is 0.562. The van der Waals surface area contributed by atoms with Gasteiger partial charge in [-0.05, 0) is 18.4 Å². The summed E-state index contributed by atoms with van der Waals surface area (Å²) in [5, 5.41) is 9.40. The number of rotatable bonds is 8. The van der Waals surface area contributed by atoms with E-state index in [0.29, 0.717) is 5.92 Å². The van der Waals surface area contributed by atoms with Crippen LogP contribution in [0.3, 0.4) is 0 Å². The largest absolute Gasteiger partial charge is 0.383 e. The molecular weight excluding hydrogens is 250 g/mol. The molecule has 2 aromatic rings. The van der Waals surface area contributed by atoms with Crippen LogP contribution in [0.2, 0.25) is 0 Å². The molecule has 110 valence electrons. The first-order valence-electron chi connectivity index (χ1n) is 7.36. The van der Waals surface area contributed by atoms with Gasteiger partial charge in [-0.2, -0.15) is 5.10 Å². The van der Waals surface area contributed by atoms with E-state index in [2.05, 4.69) is 48.1 Å². The second-order valence-electron chi connectivity index (χ2n) is 5.54. The quantitative estimate of drug-likeness (QED) is 0.753. The molecule has 0 aliphatic carbocycles. The lowest BCUT2D eigenvalue weighted by Crippen LogP contribution is -2.19. The first-order chi connectivity index (χ1) is 9.72. The van der Waals surface area contributed by atoms with Crippen LogP contribution < -0.4 is 5.32 Å². The maximum atomic E-state index is 5.05. The standard InChI is InChI=1S/C16H25N3O/c1-13(2)8-10-19-16-7-5-4-6-14(16)15(18-19)12-17-9-11-20-3/h4-7,13,17H,8-12H2,1-3H3. The van der Waals surface area contributed by atoms with E-state index in [1.54, 1.807) is 7.11 Å². The summed E-state index contributed by atoms with van der Waals surface area (Å²) < 4.78 is 7.19. The van der Waals surface area contributed by atoms with Crippen LogP contribution in [0.25, 0.3) is 10.9 Å². The van der Waals surface area contributed by atoms with Crippen molar-refractivity contribution in [3.63, 3.8) is 0 Å². The number of aryl methyl sites for hydroxylation is 1. The van der Waals surface area contributed by atoms with E-state index >= 15 is 0 Å². The molecule has 0 spiro atoms. The van der Waals surface area contributed by atoms with E-state index in [-0.39, 0.29) is 0 Å². The fourth-order valence-corrected chi connectivity index (χ4v) is 2.26. The van der Waals surface area contributed by atoms with Crippen molar-refractivity contribution in [3.05, 3.63) is 30.0 Å². The van der Waals surface area contributed by atoms with Crippen LogP contribution in [-0.2, 0) is 17.8 Å². The summed E-state index contributed by atoms with van der Waals surface area (Å²) in [7, 11) is 1.72. The molecule has 1 aromatic heterocycles. The molecule has 0 saturated carbocycles. The first-order valence-corrected chi connectivity index (χ1v) is 7.36. The molecule has 0 atom stereocenters. The van der Waals surface area contributed by atoms with Crippen LogP contribution >= 0.6 is 0 Å². The van der Waals surface area contributed by atoms with Crippen molar-refractivity contribution in [2.45, 2.75) is 33.4 Å². The van der Waals surface area contributed by atoms with Crippen molar-refractivity contribution in [3.8, 4) is 0 Å². The van der Waals surface area contributed by atoms with Crippen molar-refractivity contribution in [2.75, 3.05) is 20.3 Å². The van der Waals surface area contributed by atoms with Crippen LogP contribution in [0.5, 0.6) is 0 Å². The monoisotopic (exact) mass is 275 g/mol. The number of aromatic nitrogens is 2. The third-order valence-electron chi connectivity index (χ3n) is 3.43. The Hall–Kier alpha value is -1.39. The van der Waals surface area contributed by atoms with Crippen molar-refractivity contribution in [1.82, 2.24) is 15.1 Å². The van der Waals surface area contributed by atoms with E-state index < -0.39 is 0 Å². The predicted molar refractivity (Wildman–Crippen MR) is 82.8 cm³/mol. The summed E-state index contributed by atoms with van der Waals surface area (Å²) in [4.78, 5) is 0. The lowest BCUT2D eigenvalue weighted by molar-refractivity contribution is 0.199. The molecular formula is C16H25N3O. The fourth-order valence-electron chi connectivity index (χ4n) is 2.26. The van der Waals surface area contributed by atoms with E-state index in [9.17, 15) is 0 Å². The highest BCUT2D eigenvalue weighted by Gasteiger charge is 2.09. The van der Waals surface area contributed by atoms with Gasteiger partial charge in [0, 0.05) is 32.1 Å². The summed E-state index contributed by atoms with van der Waals surface area (Å²) in [6.07, 6.45) is 1.15.